The van der Waals surface area contributed by atoms with Gasteiger partial charge in [0.2, 0.25) is 0 Å². The van der Waals surface area contributed by atoms with Gasteiger partial charge in [-0.05, 0) is 32.1 Å². The van der Waals surface area contributed by atoms with Gasteiger partial charge in [-0.25, -0.2) is 0 Å². The van der Waals surface area contributed by atoms with Gasteiger partial charge in [-0.3, -0.25) is 4.79 Å². The van der Waals surface area contributed by atoms with E-state index in [4.69, 9.17) is 9.47 Å². The summed E-state index contributed by atoms with van der Waals surface area (Å²) in [5, 5.41) is 0. The molecule has 1 saturated heterocycles. The molecule has 0 aromatic rings. The highest BCUT2D eigenvalue weighted by atomic mass is 16.5. The largest absolute Gasteiger partial charge is 0.466 e. The van der Waals surface area contributed by atoms with Crippen molar-refractivity contribution in [3.63, 3.8) is 0 Å². The molecule has 13 heavy (non-hydrogen) atoms. The second-order valence-corrected chi connectivity index (χ2v) is 3.43. The average Bonchev–Trinajstić information content (AvgIpc) is 2.57. The molecule has 3 nitrogen and oxygen atoms in total. The van der Waals surface area contributed by atoms with Gasteiger partial charge in [-0.2, -0.15) is 0 Å². The van der Waals surface area contributed by atoms with E-state index in [-0.39, 0.29) is 5.97 Å². The fourth-order valence-corrected chi connectivity index (χ4v) is 1.58. The van der Waals surface area contributed by atoms with Crippen LogP contribution in [0, 0.1) is 5.92 Å². The molecule has 0 spiro atoms. The number of carbonyl (C=O) groups is 1. The first-order valence-electron chi connectivity index (χ1n) is 5.06. The predicted molar refractivity (Wildman–Crippen MR) is 49.4 cm³/mol. The standard InChI is InChI=1S/C10H18O3/c1-2-13-10(11)5-3-4-9-6-7-12-8-9/h9H,2-8H2,1H3. The second kappa shape index (κ2) is 5.97. The zero-order valence-corrected chi connectivity index (χ0v) is 8.25. The van der Waals surface area contributed by atoms with E-state index in [2.05, 4.69) is 0 Å². The van der Waals surface area contributed by atoms with E-state index >= 15 is 0 Å². The van der Waals surface area contributed by atoms with Gasteiger partial charge in [-0.15, -0.1) is 0 Å². The van der Waals surface area contributed by atoms with Gasteiger partial charge in [0.15, 0.2) is 0 Å². The molecule has 0 amide bonds. The highest BCUT2D eigenvalue weighted by molar-refractivity contribution is 5.69. The van der Waals surface area contributed by atoms with Crippen molar-refractivity contribution < 1.29 is 14.3 Å². The van der Waals surface area contributed by atoms with E-state index in [9.17, 15) is 4.79 Å². The summed E-state index contributed by atoms with van der Waals surface area (Å²) in [6, 6.07) is 0. The van der Waals surface area contributed by atoms with E-state index in [0.29, 0.717) is 18.9 Å². The Morgan fingerprint density at radius 3 is 3.08 bits per heavy atom. The van der Waals surface area contributed by atoms with Crippen LogP contribution < -0.4 is 0 Å². The average molecular weight is 186 g/mol. The molecule has 1 heterocycles. The van der Waals surface area contributed by atoms with Gasteiger partial charge in [0.1, 0.15) is 0 Å². The van der Waals surface area contributed by atoms with E-state index < -0.39 is 0 Å². The maximum atomic E-state index is 11.0. The smallest absolute Gasteiger partial charge is 0.305 e. The Balaban J connectivity index is 1.96. The Kier molecular flexibility index (Phi) is 4.83. The summed E-state index contributed by atoms with van der Waals surface area (Å²) in [7, 11) is 0. The molecule has 1 atom stereocenters. The zero-order chi connectivity index (χ0) is 9.52. The maximum Gasteiger partial charge on any atom is 0.305 e. The second-order valence-electron chi connectivity index (χ2n) is 3.43. The van der Waals surface area contributed by atoms with Gasteiger partial charge >= 0.3 is 5.97 Å². The van der Waals surface area contributed by atoms with Crippen molar-refractivity contribution in [2.45, 2.75) is 32.6 Å². The predicted octanol–water partition coefficient (Wildman–Crippen LogP) is 1.76. The van der Waals surface area contributed by atoms with Crippen molar-refractivity contribution >= 4 is 5.97 Å². The lowest BCUT2D eigenvalue weighted by molar-refractivity contribution is -0.143. The van der Waals surface area contributed by atoms with Crippen molar-refractivity contribution in [3.05, 3.63) is 0 Å². The summed E-state index contributed by atoms with van der Waals surface area (Å²) < 4.78 is 10.1. The Morgan fingerprint density at radius 1 is 1.62 bits per heavy atom. The van der Waals surface area contributed by atoms with Crippen LogP contribution in [0.2, 0.25) is 0 Å². The maximum absolute atomic E-state index is 11.0. The highest BCUT2D eigenvalue weighted by Crippen LogP contribution is 2.18. The van der Waals surface area contributed by atoms with Crippen LogP contribution in [0.25, 0.3) is 0 Å². The zero-order valence-electron chi connectivity index (χ0n) is 8.25. The first kappa shape index (κ1) is 10.5. The van der Waals surface area contributed by atoms with Crippen molar-refractivity contribution in [1.29, 1.82) is 0 Å². The monoisotopic (exact) mass is 186 g/mol. The molecule has 1 fully saturated rings. The minimum atomic E-state index is -0.0681. The quantitative estimate of drug-likeness (QED) is 0.614. The molecule has 1 unspecified atom stereocenters. The summed E-state index contributed by atoms with van der Waals surface area (Å²) in [6.45, 7) is 4.10. The van der Waals surface area contributed by atoms with Gasteiger partial charge in [-0.1, -0.05) is 0 Å². The topological polar surface area (TPSA) is 35.5 Å². The third kappa shape index (κ3) is 4.27. The molecule has 0 radical (unpaired) electrons. The summed E-state index contributed by atoms with van der Waals surface area (Å²) in [4.78, 5) is 11.0. The van der Waals surface area contributed by atoms with Crippen LogP contribution in [0.4, 0.5) is 0 Å². The van der Waals surface area contributed by atoms with Crippen LogP contribution in [-0.2, 0) is 14.3 Å². The molecule has 0 aromatic carbocycles. The normalized spacial score (nSPS) is 21.8. The summed E-state index contributed by atoms with van der Waals surface area (Å²) in [5.74, 6) is 0.607. The van der Waals surface area contributed by atoms with E-state index in [1.165, 1.54) is 0 Å². The molecule has 0 saturated carbocycles. The Hall–Kier alpha value is -0.570. The van der Waals surface area contributed by atoms with Crippen molar-refractivity contribution in [3.8, 4) is 0 Å². The first-order chi connectivity index (χ1) is 6.33. The van der Waals surface area contributed by atoms with Gasteiger partial charge < -0.3 is 9.47 Å². The molecule has 0 aliphatic carbocycles. The van der Waals surface area contributed by atoms with Gasteiger partial charge in [0.05, 0.1) is 6.61 Å². The highest BCUT2D eigenvalue weighted by Gasteiger charge is 2.15. The molecule has 0 bridgehead atoms. The van der Waals surface area contributed by atoms with Crippen LogP contribution in [-0.4, -0.2) is 25.8 Å². The van der Waals surface area contributed by atoms with Crippen molar-refractivity contribution in [2.24, 2.45) is 5.92 Å². The molecule has 3 heteroatoms. The summed E-state index contributed by atoms with van der Waals surface area (Å²) in [6.07, 6.45) is 3.75. The minimum Gasteiger partial charge on any atom is -0.466 e. The lowest BCUT2D eigenvalue weighted by Crippen LogP contribution is -2.05. The van der Waals surface area contributed by atoms with Crippen LogP contribution in [0.15, 0.2) is 0 Å². The lowest BCUT2D eigenvalue weighted by Gasteiger charge is -2.06. The van der Waals surface area contributed by atoms with Gasteiger partial charge in [0.25, 0.3) is 0 Å². The first-order valence-corrected chi connectivity index (χ1v) is 5.06. The Labute approximate surface area is 79.4 Å². The number of hydrogen-bond acceptors (Lipinski definition) is 3. The third-order valence-electron chi connectivity index (χ3n) is 2.32. The molecule has 1 aliphatic heterocycles. The molecule has 1 rings (SSSR count). The summed E-state index contributed by atoms with van der Waals surface area (Å²) >= 11 is 0. The van der Waals surface area contributed by atoms with Crippen molar-refractivity contribution in [1.82, 2.24) is 0 Å². The molecule has 76 valence electrons. The van der Waals surface area contributed by atoms with Crippen molar-refractivity contribution in [2.75, 3.05) is 19.8 Å². The van der Waals surface area contributed by atoms with Crippen LogP contribution >= 0.6 is 0 Å². The number of hydrogen-bond donors (Lipinski definition) is 0. The Bertz CT molecular complexity index is 150. The number of rotatable bonds is 5. The van der Waals surface area contributed by atoms with E-state index in [1.807, 2.05) is 6.92 Å². The van der Waals surface area contributed by atoms with Gasteiger partial charge in [0, 0.05) is 19.6 Å². The molecule has 1 aliphatic rings. The minimum absolute atomic E-state index is 0.0681. The van der Waals surface area contributed by atoms with E-state index in [0.717, 1.165) is 32.5 Å². The van der Waals surface area contributed by atoms with Crippen LogP contribution in [0.3, 0.4) is 0 Å². The Morgan fingerprint density at radius 2 is 2.46 bits per heavy atom. The van der Waals surface area contributed by atoms with Crippen LogP contribution in [0.1, 0.15) is 32.6 Å². The third-order valence-corrected chi connectivity index (χ3v) is 2.32. The molecule has 0 aromatic heterocycles. The number of ether oxygens (including phenoxy) is 2. The van der Waals surface area contributed by atoms with Crippen LogP contribution in [0.5, 0.6) is 0 Å². The number of carbonyl (C=O) groups excluding carboxylic acids is 1. The molecular formula is C10H18O3. The molecule has 0 N–H and O–H groups in total. The fourth-order valence-electron chi connectivity index (χ4n) is 1.58. The fraction of sp³-hybridized carbons (Fsp3) is 0.900. The SMILES string of the molecule is CCOC(=O)CCCC1CCOC1. The lowest BCUT2D eigenvalue weighted by atomic mass is 10.0. The molecular weight excluding hydrogens is 168 g/mol. The van der Waals surface area contributed by atoms with E-state index in [1.54, 1.807) is 0 Å². The summed E-state index contributed by atoms with van der Waals surface area (Å²) in [5.41, 5.74) is 0. The number of esters is 1.